The molecule has 1 aliphatic rings. The molecule has 1 aliphatic heterocycles. The number of nitrogens with one attached hydrogen (secondary N) is 1. The summed E-state index contributed by atoms with van der Waals surface area (Å²) in [7, 11) is 0. The Hall–Kier alpha value is -1.31. The molecule has 1 fully saturated rings. The predicted octanol–water partition coefficient (Wildman–Crippen LogP) is 1.92. The lowest BCUT2D eigenvalue weighted by molar-refractivity contribution is -0.118. The first-order valence-corrected chi connectivity index (χ1v) is 8.92. The van der Waals surface area contributed by atoms with Crippen molar-refractivity contribution in [3.8, 4) is 5.75 Å². The van der Waals surface area contributed by atoms with E-state index in [0.29, 0.717) is 28.7 Å². The van der Waals surface area contributed by atoms with E-state index in [9.17, 15) is 9.90 Å². The molecule has 1 saturated heterocycles. The number of amides is 1. The van der Waals surface area contributed by atoms with Crippen LogP contribution in [0.5, 0.6) is 5.75 Å². The molecule has 120 valence electrons. The Balaban J connectivity index is 2.23. The van der Waals surface area contributed by atoms with E-state index < -0.39 is 0 Å². The molecule has 1 aromatic carbocycles. The summed E-state index contributed by atoms with van der Waals surface area (Å²) >= 11 is 6.98. The van der Waals surface area contributed by atoms with Gasteiger partial charge in [-0.15, -0.1) is 0 Å². The number of aliphatic hydroxyl groups excluding tert-OH is 1. The van der Waals surface area contributed by atoms with Crippen LogP contribution in [-0.2, 0) is 11.4 Å². The van der Waals surface area contributed by atoms with Crippen LogP contribution in [0.25, 0.3) is 0 Å². The van der Waals surface area contributed by atoms with Gasteiger partial charge < -0.3 is 15.2 Å². The van der Waals surface area contributed by atoms with Gasteiger partial charge in [-0.2, -0.15) is 11.8 Å². The zero-order chi connectivity index (χ0) is 16.1. The van der Waals surface area contributed by atoms with E-state index in [1.54, 1.807) is 30.0 Å². The molecule has 0 aromatic heterocycles. The van der Waals surface area contributed by atoms with Gasteiger partial charge in [0.2, 0.25) is 0 Å². The lowest BCUT2D eigenvalue weighted by Gasteiger charge is -2.17. The minimum atomic E-state index is -0.274. The molecule has 1 atom stereocenters. The third kappa shape index (κ3) is 3.53. The van der Waals surface area contributed by atoms with E-state index in [0.717, 1.165) is 12.2 Å². The molecule has 1 heterocycles. The molecular formula is C15H20N2O3S2. The molecule has 0 aliphatic carbocycles. The number of rotatable bonds is 7. The van der Waals surface area contributed by atoms with Gasteiger partial charge in [0, 0.05) is 5.56 Å². The molecule has 1 unspecified atom stereocenters. The van der Waals surface area contributed by atoms with Crippen molar-refractivity contribution in [1.82, 2.24) is 5.32 Å². The minimum Gasteiger partial charge on any atom is -0.494 e. The average molecular weight is 340 g/mol. The number of aliphatic hydroxyl groups is 1. The van der Waals surface area contributed by atoms with Crippen molar-refractivity contribution in [3.63, 3.8) is 0 Å². The van der Waals surface area contributed by atoms with Gasteiger partial charge in [-0.3, -0.25) is 9.69 Å². The highest BCUT2D eigenvalue weighted by Gasteiger charge is 2.36. The Morgan fingerprint density at radius 2 is 2.27 bits per heavy atom. The Labute approximate surface area is 140 Å². The second-order valence-electron chi connectivity index (χ2n) is 4.84. The zero-order valence-electron chi connectivity index (χ0n) is 12.7. The number of hydrogen-bond acceptors (Lipinski definition) is 5. The number of ether oxygens (including phenoxy) is 1. The van der Waals surface area contributed by atoms with Crippen LogP contribution in [-0.4, -0.2) is 40.8 Å². The highest BCUT2D eigenvalue weighted by Crippen LogP contribution is 2.28. The number of thiocarbonyl (C=S) groups is 1. The number of carbonyl (C=O) groups excluding carboxylic acids is 1. The maximum Gasteiger partial charge on any atom is 0.255 e. The summed E-state index contributed by atoms with van der Waals surface area (Å²) in [6.45, 7) is 2.25. The highest BCUT2D eigenvalue weighted by atomic mass is 32.2. The lowest BCUT2D eigenvalue weighted by Crippen LogP contribution is -2.31. The topological polar surface area (TPSA) is 61.8 Å². The summed E-state index contributed by atoms with van der Waals surface area (Å²) in [5.41, 5.74) is 1.30. The maximum atomic E-state index is 12.5. The van der Waals surface area contributed by atoms with Gasteiger partial charge in [-0.1, -0.05) is 0 Å². The van der Waals surface area contributed by atoms with Crippen molar-refractivity contribution in [2.24, 2.45) is 0 Å². The molecular weight excluding hydrogens is 320 g/mol. The quantitative estimate of drug-likeness (QED) is 0.740. The van der Waals surface area contributed by atoms with E-state index >= 15 is 0 Å². The first kappa shape index (κ1) is 17.1. The SMILES string of the molecule is CCOc1ccc(N2C(=O)C(CCSC)NC2=S)cc1CO. The number of nitrogens with zero attached hydrogens (tertiary/aromatic N) is 1. The number of carbonyl (C=O) groups is 1. The largest absolute Gasteiger partial charge is 0.494 e. The molecule has 1 aromatic rings. The molecule has 5 nitrogen and oxygen atoms in total. The molecule has 0 saturated carbocycles. The van der Waals surface area contributed by atoms with Crippen LogP contribution >= 0.6 is 24.0 Å². The lowest BCUT2D eigenvalue weighted by atomic mass is 10.1. The van der Waals surface area contributed by atoms with Gasteiger partial charge in [-0.25, -0.2) is 0 Å². The van der Waals surface area contributed by atoms with Gasteiger partial charge in [0.1, 0.15) is 11.8 Å². The standard InChI is InChI=1S/C15H20N2O3S2/c1-3-20-13-5-4-11(8-10(13)9-18)17-14(19)12(6-7-22-2)16-15(17)21/h4-5,8,12,18H,3,6-7,9H2,1-2H3,(H,16,21). The van der Waals surface area contributed by atoms with Crippen molar-refractivity contribution in [3.05, 3.63) is 23.8 Å². The Morgan fingerprint density at radius 1 is 1.50 bits per heavy atom. The fourth-order valence-electron chi connectivity index (χ4n) is 2.33. The maximum absolute atomic E-state index is 12.5. The van der Waals surface area contributed by atoms with Crippen LogP contribution < -0.4 is 15.0 Å². The second kappa shape index (κ2) is 7.80. The van der Waals surface area contributed by atoms with Crippen molar-refractivity contribution in [2.45, 2.75) is 26.0 Å². The van der Waals surface area contributed by atoms with Crippen LogP contribution in [0.4, 0.5) is 5.69 Å². The monoisotopic (exact) mass is 340 g/mol. The van der Waals surface area contributed by atoms with Crippen molar-refractivity contribution in [1.29, 1.82) is 0 Å². The second-order valence-corrected chi connectivity index (χ2v) is 6.21. The van der Waals surface area contributed by atoms with E-state index in [2.05, 4.69) is 5.32 Å². The third-order valence-electron chi connectivity index (χ3n) is 3.40. The first-order valence-electron chi connectivity index (χ1n) is 7.12. The van der Waals surface area contributed by atoms with E-state index in [4.69, 9.17) is 17.0 Å². The van der Waals surface area contributed by atoms with Crippen LogP contribution in [0, 0.1) is 0 Å². The fraction of sp³-hybridized carbons (Fsp3) is 0.467. The predicted molar refractivity (Wildman–Crippen MR) is 93.5 cm³/mol. The fourth-order valence-corrected chi connectivity index (χ4v) is 3.14. The van der Waals surface area contributed by atoms with E-state index in [1.165, 1.54) is 4.90 Å². The Morgan fingerprint density at radius 3 is 2.91 bits per heavy atom. The molecule has 0 bridgehead atoms. The first-order chi connectivity index (χ1) is 10.6. The van der Waals surface area contributed by atoms with E-state index in [1.807, 2.05) is 13.2 Å². The van der Waals surface area contributed by atoms with Crippen molar-refractivity contribution in [2.75, 3.05) is 23.5 Å². The summed E-state index contributed by atoms with van der Waals surface area (Å²) in [5, 5.41) is 12.9. The highest BCUT2D eigenvalue weighted by molar-refractivity contribution is 7.98. The van der Waals surface area contributed by atoms with Gasteiger partial charge in [-0.05, 0) is 55.8 Å². The zero-order valence-corrected chi connectivity index (χ0v) is 14.3. The van der Waals surface area contributed by atoms with Gasteiger partial charge >= 0.3 is 0 Å². The number of anilines is 1. The normalized spacial score (nSPS) is 17.8. The molecule has 0 spiro atoms. The van der Waals surface area contributed by atoms with Crippen LogP contribution in [0.15, 0.2) is 18.2 Å². The minimum absolute atomic E-state index is 0.0490. The van der Waals surface area contributed by atoms with Gasteiger partial charge in [0.15, 0.2) is 5.11 Å². The Bertz CT molecular complexity index is 566. The Kier molecular flexibility index (Phi) is 6.05. The van der Waals surface area contributed by atoms with Crippen molar-refractivity contribution < 1.29 is 14.6 Å². The summed E-state index contributed by atoms with van der Waals surface area (Å²) in [4.78, 5) is 14.0. The smallest absolute Gasteiger partial charge is 0.255 e. The molecule has 2 N–H and O–H groups in total. The van der Waals surface area contributed by atoms with Crippen molar-refractivity contribution >= 4 is 40.7 Å². The summed E-state index contributed by atoms with van der Waals surface area (Å²) < 4.78 is 5.46. The summed E-state index contributed by atoms with van der Waals surface area (Å²) in [5.74, 6) is 1.47. The number of hydrogen-bond donors (Lipinski definition) is 2. The van der Waals surface area contributed by atoms with Gasteiger partial charge in [0.25, 0.3) is 5.91 Å². The van der Waals surface area contributed by atoms with Gasteiger partial charge in [0.05, 0.1) is 18.9 Å². The molecule has 0 radical (unpaired) electrons. The van der Waals surface area contributed by atoms with Crippen LogP contribution in [0.2, 0.25) is 0 Å². The van der Waals surface area contributed by atoms with E-state index in [-0.39, 0.29) is 18.6 Å². The third-order valence-corrected chi connectivity index (χ3v) is 4.35. The molecule has 22 heavy (non-hydrogen) atoms. The average Bonchev–Trinajstić information content (AvgIpc) is 2.80. The number of benzene rings is 1. The molecule has 2 rings (SSSR count). The molecule has 7 heteroatoms. The number of thioether (sulfide) groups is 1. The summed E-state index contributed by atoms with van der Waals surface area (Å²) in [6.07, 6.45) is 2.75. The van der Waals surface area contributed by atoms with Crippen LogP contribution in [0.3, 0.4) is 0 Å². The summed E-state index contributed by atoms with van der Waals surface area (Å²) in [6, 6.07) is 5.01. The van der Waals surface area contributed by atoms with Crippen LogP contribution in [0.1, 0.15) is 18.9 Å². The molecule has 1 amide bonds.